The van der Waals surface area contributed by atoms with Gasteiger partial charge in [0, 0.05) is 37.4 Å². The van der Waals surface area contributed by atoms with Crippen molar-refractivity contribution in [3.8, 4) is 0 Å². The molecular formula is C20H29N3O6S. The van der Waals surface area contributed by atoms with Gasteiger partial charge < -0.3 is 20.1 Å². The van der Waals surface area contributed by atoms with Gasteiger partial charge in [-0.05, 0) is 50.3 Å². The third-order valence-electron chi connectivity index (χ3n) is 5.53. The van der Waals surface area contributed by atoms with E-state index in [2.05, 4.69) is 5.32 Å². The highest BCUT2D eigenvalue weighted by Gasteiger charge is 2.34. The molecule has 0 spiro atoms. The summed E-state index contributed by atoms with van der Waals surface area (Å²) in [5, 5.41) is 12.1. The molecule has 0 aliphatic carbocycles. The van der Waals surface area contributed by atoms with E-state index in [1.54, 1.807) is 6.07 Å². The first-order chi connectivity index (χ1) is 14.4. The predicted molar refractivity (Wildman–Crippen MR) is 111 cm³/mol. The second-order valence-electron chi connectivity index (χ2n) is 7.54. The normalized spacial score (nSPS) is 20.2. The minimum absolute atomic E-state index is 0.0299. The highest BCUT2D eigenvalue weighted by atomic mass is 32.2. The Morgan fingerprint density at radius 3 is 2.50 bits per heavy atom. The maximum absolute atomic E-state index is 13.3. The van der Waals surface area contributed by atoms with Crippen molar-refractivity contribution in [2.75, 3.05) is 45.2 Å². The SMILES string of the molecule is COC(=O)C1CCCCN1C(=O)c1cc(NCCO)cc(S(=O)(=O)N2CCCC2)c1. The monoisotopic (exact) mass is 439 g/mol. The molecular weight excluding hydrogens is 410 g/mol. The number of benzene rings is 1. The highest BCUT2D eigenvalue weighted by Crippen LogP contribution is 2.27. The van der Waals surface area contributed by atoms with Gasteiger partial charge in [0.1, 0.15) is 6.04 Å². The number of hydrogen-bond donors (Lipinski definition) is 2. The van der Waals surface area contributed by atoms with E-state index in [0.717, 1.165) is 25.7 Å². The van der Waals surface area contributed by atoms with Crippen LogP contribution >= 0.6 is 0 Å². The number of aliphatic hydroxyl groups is 1. The zero-order valence-electron chi connectivity index (χ0n) is 17.2. The summed E-state index contributed by atoms with van der Waals surface area (Å²) < 4.78 is 32.4. The van der Waals surface area contributed by atoms with Crippen molar-refractivity contribution in [1.82, 2.24) is 9.21 Å². The quantitative estimate of drug-likeness (QED) is 0.610. The van der Waals surface area contributed by atoms with Crippen LogP contribution in [0.3, 0.4) is 0 Å². The van der Waals surface area contributed by atoms with Gasteiger partial charge in [-0.3, -0.25) is 4.79 Å². The van der Waals surface area contributed by atoms with Crippen molar-refractivity contribution in [3.63, 3.8) is 0 Å². The number of anilines is 1. The molecule has 2 aliphatic heterocycles. The van der Waals surface area contributed by atoms with Gasteiger partial charge in [0.15, 0.2) is 0 Å². The summed E-state index contributed by atoms with van der Waals surface area (Å²) in [6.45, 7) is 1.40. The van der Waals surface area contributed by atoms with E-state index in [1.807, 2.05) is 0 Å². The summed E-state index contributed by atoms with van der Waals surface area (Å²) in [5.74, 6) is -0.877. The number of carbonyl (C=O) groups is 2. The Labute approximate surface area is 177 Å². The van der Waals surface area contributed by atoms with Crippen LogP contribution in [0.1, 0.15) is 42.5 Å². The first kappa shape index (κ1) is 22.5. The van der Waals surface area contributed by atoms with E-state index in [4.69, 9.17) is 9.84 Å². The number of likely N-dealkylation sites (tertiary alicyclic amines) is 1. The van der Waals surface area contributed by atoms with Crippen LogP contribution in [0.2, 0.25) is 0 Å². The van der Waals surface area contributed by atoms with E-state index >= 15 is 0 Å². The van der Waals surface area contributed by atoms with Crippen LogP contribution in [0.25, 0.3) is 0 Å². The predicted octanol–water partition coefficient (Wildman–Crippen LogP) is 1.04. The van der Waals surface area contributed by atoms with Gasteiger partial charge in [-0.25, -0.2) is 13.2 Å². The number of aliphatic hydroxyl groups excluding tert-OH is 1. The van der Waals surface area contributed by atoms with Crippen LogP contribution in [0, 0.1) is 0 Å². The van der Waals surface area contributed by atoms with Crippen LogP contribution < -0.4 is 5.32 Å². The molecule has 2 fully saturated rings. The first-order valence-corrected chi connectivity index (χ1v) is 11.7. The smallest absolute Gasteiger partial charge is 0.328 e. The fraction of sp³-hybridized carbons (Fsp3) is 0.600. The number of piperidine rings is 1. The highest BCUT2D eigenvalue weighted by molar-refractivity contribution is 7.89. The Balaban J connectivity index is 1.98. The number of esters is 1. The van der Waals surface area contributed by atoms with E-state index < -0.39 is 27.9 Å². The number of methoxy groups -OCH3 is 1. The third kappa shape index (κ3) is 4.76. The van der Waals surface area contributed by atoms with Crippen molar-refractivity contribution in [2.45, 2.75) is 43.0 Å². The fourth-order valence-electron chi connectivity index (χ4n) is 3.97. The maximum atomic E-state index is 13.3. The number of nitrogens with zero attached hydrogens (tertiary/aromatic N) is 2. The molecule has 9 nitrogen and oxygen atoms in total. The molecule has 2 heterocycles. The lowest BCUT2D eigenvalue weighted by Crippen LogP contribution is -2.48. The number of amides is 1. The number of hydrogen-bond acceptors (Lipinski definition) is 7. The molecule has 2 saturated heterocycles. The van der Waals surface area contributed by atoms with Gasteiger partial charge in [-0.2, -0.15) is 4.31 Å². The molecule has 2 N–H and O–H groups in total. The lowest BCUT2D eigenvalue weighted by molar-refractivity contribution is -0.147. The van der Waals surface area contributed by atoms with Crippen molar-refractivity contribution in [2.24, 2.45) is 0 Å². The van der Waals surface area contributed by atoms with Crippen molar-refractivity contribution in [1.29, 1.82) is 0 Å². The van der Waals surface area contributed by atoms with Gasteiger partial charge in [0.2, 0.25) is 10.0 Å². The van der Waals surface area contributed by atoms with Crippen molar-refractivity contribution in [3.05, 3.63) is 23.8 Å². The summed E-state index contributed by atoms with van der Waals surface area (Å²) in [4.78, 5) is 26.9. The number of ether oxygens (including phenoxy) is 1. The lowest BCUT2D eigenvalue weighted by atomic mass is 10.0. The van der Waals surface area contributed by atoms with E-state index in [9.17, 15) is 18.0 Å². The molecule has 0 aromatic heterocycles. The third-order valence-corrected chi connectivity index (χ3v) is 7.41. The Morgan fingerprint density at radius 2 is 1.83 bits per heavy atom. The molecule has 1 aromatic rings. The zero-order valence-corrected chi connectivity index (χ0v) is 18.0. The molecule has 10 heteroatoms. The summed E-state index contributed by atoms with van der Waals surface area (Å²) >= 11 is 0. The second kappa shape index (κ2) is 9.76. The molecule has 30 heavy (non-hydrogen) atoms. The lowest BCUT2D eigenvalue weighted by Gasteiger charge is -2.34. The average Bonchev–Trinajstić information content (AvgIpc) is 3.32. The Kier molecular flexibility index (Phi) is 7.32. The molecule has 0 radical (unpaired) electrons. The number of rotatable bonds is 7. The van der Waals surface area contributed by atoms with Gasteiger partial charge >= 0.3 is 5.97 Å². The van der Waals surface area contributed by atoms with Gasteiger partial charge in [0.05, 0.1) is 18.6 Å². The number of sulfonamides is 1. The Hall–Kier alpha value is -2.17. The molecule has 1 amide bonds. The minimum atomic E-state index is -3.74. The minimum Gasteiger partial charge on any atom is -0.467 e. The van der Waals surface area contributed by atoms with E-state index in [1.165, 1.54) is 28.4 Å². The van der Waals surface area contributed by atoms with Crippen LogP contribution in [0.15, 0.2) is 23.1 Å². The maximum Gasteiger partial charge on any atom is 0.328 e. The second-order valence-corrected chi connectivity index (χ2v) is 9.48. The van der Waals surface area contributed by atoms with Crippen molar-refractivity contribution >= 4 is 27.6 Å². The van der Waals surface area contributed by atoms with Gasteiger partial charge in [0.25, 0.3) is 5.91 Å². The summed E-state index contributed by atoms with van der Waals surface area (Å²) in [5.41, 5.74) is 0.616. The average molecular weight is 440 g/mol. The summed E-state index contributed by atoms with van der Waals surface area (Å²) in [6.07, 6.45) is 3.71. The molecule has 0 bridgehead atoms. The summed E-state index contributed by atoms with van der Waals surface area (Å²) in [7, 11) is -2.45. The first-order valence-electron chi connectivity index (χ1n) is 10.3. The van der Waals surface area contributed by atoms with Crippen LogP contribution in [-0.4, -0.2) is 80.5 Å². The molecule has 0 saturated carbocycles. The Morgan fingerprint density at radius 1 is 1.13 bits per heavy atom. The molecule has 166 valence electrons. The summed E-state index contributed by atoms with van der Waals surface area (Å²) in [6, 6.07) is 3.74. The molecule has 1 unspecified atom stereocenters. The topological polar surface area (TPSA) is 116 Å². The molecule has 1 atom stereocenters. The molecule has 3 rings (SSSR count). The van der Waals surface area contributed by atoms with E-state index in [-0.39, 0.29) is 23.6 Å². The number of nitrogens with one attached hydrogen (secondary N) is 1. The van der Waals surface area contributed by atoms with Crippen LogP contribution in [0.5, 0.6) is 0 Å². The molecule has 1 aromatic carbocycles. The van der Waals surface area contributed by atoms with Gasteiger partial charge in [-0.1, -0.05) is 0 Å². The fourth-order valence-corrected chi connectivity index (χ4v) is 5.56. The van der Waals surface area contributed by atoms with Crippen molar-refractivity contribution < 1.29 is 27.9 Å². The molecule has 2 aliphatic rings. The largest absolute Gasteiger partial charge is 0.467 e. The van der Waals surface area contributed by atoms with Crippen LogP contribution in [-0.2, 0) is 19.6 Å². The van der Waals surface area contributed by atoms with Crippen LogP contribution in [0.4, 0.5) is 5.69 Å². The zero-order chi connectivity index (χ0) is 21.7. The Bertz CT molecular complexity index is 883. The standard InChI is InChI=1S/C20H29N3O6S/c1-29-20(26)18-6-2-3-10-23(18)19(25)15-12-16(21-7-11-24)14-17(13-15)30(27,28)22-8-4-5-9-22/h12-14,18,21,24H,2-11H2,1H3. The van der Waals surface area contributed by atoms with Gasteiger partial charge in [-0.15, -0.1) is 0 Å². The number of carbonyl (C=O) groups excluding carboxylic acids is 2. The van der Waals surface area contributed by atoms with E-state index in [0.29, 0.717) is 31.7 Å².